The predicted molar refractivity (Wildman–Crippen MR) is 89.4 cm³/mol. The van der Waals surface area contributed by atoms with E-state index >= 15 is 0 Å². The standard InChI is InChI=1S/C17H18N4O2/c1-12(2)16-20-14(11-18)17(23-16)21-19-10-6-8-13-7-4-5-9-15(13)22-3/h4-10,12,21H,1-3H3. The van der Waals surface area contributed by atoms with Gasteiger partial charge in [0.2, 0.25) is 11.6 Å². The molecule has 1 heterocycles. The number of nitrogens with one attached hydrogen (secondary N) is 1. The molecule has 2 aromatic rings. The molecule has 0 aliphatic rings. The molecule has 0 unspecified atom stereocenters. The summed E-state index contributed by atoms with van der Waals surface area (Å²) in [6.45, 7) is 3.88. The van der Waals surface area contributed by atoms with Crippen LogP contribution in [0.15, 0.2) is 39.9 Å². The lowest BCUT2D eigenvalue weighted by Crippen LogP contribution is -1.89. The van der Waals surface area contributed by atoms with Gasteiger partial charge < -0.3 is 9.15 Å². The van der Waals surface area contributed by atoms with Crippen LogP contribution < -0.4 is 10.2 Å². The number of nitrogens with zero attached hydrogens (tertiary/aromatic N) is 3. The van der Waals surface area contributed by atoms with Crippen molar-refractivity contribution in [2.24, 2.45) is 5.10 Å². The van der Waals surface area contributed by atoms with E-state index < -0.39 is 0 Å². The van der Waals surface area contributed by atoms with Crippen molar-refractivity contribution in [2.75, 3.05) is 12.5 Å². The first-order valence-corrected chi connectivity index (χ1v) is 7.15. The van der Waals surface area contributed by atoms with E-state index in [9.17, 15) is 0 Å². The highest BCUT2D eigenvalue weighted by molar-refractivity contribution is 5.79. The van der Waals surface area contributed by atoms with Crippen molar-refractivity contribution in [1.82, 2.24) is 4.98 Å². The zero-order valence-electron chi connectivity index (χ0n) is 13.3. The molecule has 6 nitrogen and oxygen atoms in total. The first-order valence-electron chi connectivity index (χ1n) is 7.15. The summed E-state index contributed by atoms with van der Waals surface area (Å²) in [7, 11) is 1.63. The summed E-state index contributed by atoms with van der Waals surface area (Å²) in [4.78, 5) is 4.10. The number of nitriles is 1. The van der Waals surface area contributed by atoms with Crippen LogP contribution in [-0.2, 0) is 0 Å². The Bertz CT molecular complexity index is 754. The second kappa shape index (κ2) is 7.80. The largest absolute Gasteiger partial charge is 0.496 e. The van der Waals surface area contributed by atoms with Crippen LogP contribution in [0.4, 0.5) is 5.88 Å². The Morgan fingerprint density at radius 2 is 2.17 bits per heavy atom. The predicted octanol–water partition coefficient (Wildman–Crippen LogP) is 3.79. The Labute approximate surface area is 135 Å². The van der Waals surface area contributed by atoms with Gasteiger partial charge in [0.15, 0.2) is 0 Å². The van der Waals surface area contributed by atoms with E-state index in [0.29, 0.717) is 5.89 Å². The van der Waals surface area contributed by atoms with Gasteiger partial charge in [-0.1, -0.05) is 32.0 Å². The Balaban J connectivity index is 2.02. The lowest BCUT2D eigenvalue weighted by molar-refractivity contribution is 0.414. The van der Waals surface area contributed by atoms with Gasteiger partial charge in [-0.15, -0.1) is 0 Å². The monoisotopic (exact) mass is 310 g/mol. The highest BCUT2D eigenvalue weighted by Crippen LogP contribution is 2.22. The van der Waals surface area contributed by atoms with Gasteiger partial charge >= 0.3 is 0 Å². The summed E-state index contributed by atoms with van der Waals surface area (Å²) in [6, 6.07) is 9.64. The number of aromatic nitrogens is 1. The molecule has 1 aromatic heterocycles. The second-order valence-electron chi connectivity index (χ2n) is 4.99. The maximum atomic E-state index is 9.03. The molecular formula is C17H18N4O2. The van der Waals surface area contributed by atoms with Crippen molar-refractivity contribution in [3.63, 3.8) is 0 Å². The van der Waals surface area contributed by atoms with Gasteiger partial charge in [0.25, 0.3) is 5.88 Å². The van der Waals surface area contributed by atoms with Gasteiger partial charge in [-0.2, -0.15) is 10.4 Å². The van der Waals surface area contributed by atoms with Gasteiger partial charge in [0.1, 0.15) is 11.8 Å². The molecule has 0 fully saturated rings. The van der Waals surface area contributed by atoms with Crippen LogP contribution in [0.5, 0.6) is 5.75 Å². The van der Waals surface area contributed by atoms with E-state index in [1.165, 1.54) is 0 Å². The van der Waals surface area contributed by atoms with Crippen LogP contribution in [0.25, 0.3) is 6.08 Å². The van der Waals surface area contributed by atoms with Crippen molar-refractivity contribution in [3.05, 3.63) is 47.5 Å². The van der Waals surface area contributed by atoms with Crippen molar-refractivity contribution in [2.45, 2.75) is 19.8 Å². The summed E-state index contributed by atoms with van der Waals surface area (Å²) in [6.07, 6.45) is 5.19. The fourth-order valence-corrected chi connectivity index (χ4v) is 1.82. The van der Waals surface area contributed by atoms with E-state index in [1.54, 1.807) is 19.4 Å². The molecule has 118 valence electrons. The Hall–Kier alpha value is -3.07. The fraction of sp³-hybridized carbons (Fsp3) is 0.235. The van der Waals surface area contributed by atoms with Crippen LogP contribution in [0.3, 0.4) is 0 Å². The normalized spacial score (nSPS) is 11.3. The number of benzene rings is 1. The molecule has 1 aromatic carbocycles. The lowest BCUT2D eigenvalue weighted by Gasteiger charge is -2.02. The molecule has 0 spiro atoms. The van der Waals surface area contributed by atoms with Gasteiger partial charge in [0.05, 0.1) is 7.11 Å². The fourth-order valence-electron chi connectivity index (χ4n) is 1.82. The molecule has 6 heteroatoms. The zero-order chi connectivity index (χ0) is 16.7. The van der Waals surface area contributed by atoms with Gasteiger partial charge in [-0.05, 0) is 18.2 Å². The zero-order valence-corrected chi connectivity index (χ0v) is 13.3. The molecule has 0 bridgehead atoms. The molecular weight excluding hydrogens is 292 g/mol. The summed E-state index contributed by atoms with van der Waals surface area (Å²) in [5.41, 5.74) is 3.83. The summed E-state index contributed by atoms with van der Waals surface area (Å²) in [5.74, 6) is 1.64. The van der Waals surface area contributed by atoms with Gasteiger partial charge in [0, 0.05) is 17.7 Å². The number of allylic oxidation sites excluding steroid dienone is 1. The van der Waals surface area contributed by atoms with Crippen LogP contribution in [-0.4, -0.2) is 18.3 Å². The highest BCUT2D eigenvalue weighted by atomic mass is 16.5. The highest BCUT2D eigenvalue weighted by Gasteiger charge is 2.14. The van der Waals surface area contributed by atoms with Crippen LogP contribution in [0.2, 0.25) is 0 Å². The summed E-state index contributed by atoms with van der Waals surface area (Å²) in [5, 5.41) is 13.0. The minimum absolute atomic E-state index is 0.104. The number of anilines is 1. The van der Waals surface area contributed by atoms with Crippen LogP contribution in [0.1, 0.15) is 36.9 Å². The Kier molecular flexibility index (Phi) is 5.53. The summed E-state index contributed by atoms with van der Waals surface area (Å²) < 4.78 is 10.7. The van der Waals surface area contributed by atoms with Crippen LogP contribution in [0, 0.1) is 11.3 Å². The molecule has 0 saturated heterocycles. The van der Waals surface area contributed by atoms with E-state index in [0.717, 1.165) is 11.3 Å². The molecule has 0 radical (unpaired) electrons. The number of hydrogen-bond acceptors (Lipinski definition) is 6. The quantitative estimate of drug-likeness (QED) is 0.648. The third kappa shape index (κ3) is 4.20. The maximum Gasteiger partial charge on any atom is 0.252 e. The molecule has 0 saturated carbocycles. The third-order valence-corrected chi connectivity index (χ3v) is 2.98. The molecule has 0 amide bonds. The third-order valence-electron chi connectivity index (χ3n) is 2.98. The van der Waals surface area contributed by atoms with Crippen molar-refractivity contribution in [3.8, 4) is 11.8 Å². The minimum Gasteiger partial charge on any atom is -0.496 e. The minimum atomic E-state index is 0.104. The lowest BCUT2D eigenvalue weighted by atomic mass is 10.2. The van der Waals surface area contributed by atoms with E-state index in [1.807, 2.05) is 50.3 Å². The molecule has 0 atom stereocenters. The smallest absolute Gasteiger partial charge is 0.252 e. The second-order valence-corrected chi connectivity index (χ2v) is 4.99. The summed E-state index contributed by atoms with van der Waals surface area (Å²) >= 11 is 0. The van der Waals surface area contributed by atoms with Crippen molar-refractivity contribution < 1.29 is 9.15 Å². The number of oxazole rings is 1. The van der Waals surface area contributed by atoms with Crippen molar-refractivity contribution >= 4 is 18.2 Å². The van der Waals surface area contributed by atoms with E-state index in [-0.39, 0.29) is 17.5 Å². The number of methoxy groups -OCH3 is 1. The van der Waals surface area contributed by atoms with E-state index in [2.05, 4.69) is 15.5 Å². The van der Waals surface area contributed by atoms with Crippen LogP contribution >= 0.6 is 0 Å². The Morgan fingerprint density at radius 3 is 2.87 bits per heavy atom. The topological polar surface area (TPSA) is 83.4 Å². The van der Waals surface area contributed by atoms with Gasteiger partial charge in [-0.3, -0.25) is 0 Å². The number of hydrazone groups is 1. The molecule has 2 rings (SSSR count). The maximum absolute atomic E-state index is 9.03. The first kappa shape index (κ1) is 16.3. The number of rotatable bonds is 6. The average Bonchev–Trinajstić information content (AvgIpc) is 2.98. The Morgan fingerprint density at radius 1 is 1.39 bits per heavy atom. The van der Waals surface area contributed by atoms with Crippen molar-refractivity contribution in [1.29, 1.82) is 5.26 Å². The number of hydrogen-bond donors (Lipinski definition) is 1. The number of ether oxygens (including phenoxy) is 1. The average molecular weight is 310 g/mol. The molecule has 1 N–H and O–H groups in total. The first-order chi connectivity index (χ1) is 11.2. The number of para-hydroxylation sites is 1. The van der Waals surface area contributed by atoms with Gasteiger partial charge in [-0.25, -0.2) is 10.4 Å². The molecule has 0 aliphatic heterocycles. The molecule has 23 heavy (non-hydrogen) atoms. The van der Waals surface area contributed by atoms with E-state index in [4.69, 9.17) is 14.4 Å². The SMILES string of the molecule is COc1ccccc1C=CC=NNc1oc(C(C)C)nc1C#N. The molecule has 0 aliphatic carbocycles.